The van der Waals surface area contributed by atoms with Crippen LogP contribution in [0.4, 0.5) is 0 Å². The highest BCUT2D eigenvalue weighted by Gasteiger charge is 2.37. The summed E-state index contributed by atoms with van der Waals surface area (Å²) in [5.74, 6) is 0.0473. The summed E-state index contributed by atoms with van der Waals surface area (Å²) in [6.45, 7) is 0. The Kier molecular flexibility index (Phi) is 2.97. The van der Waals surface area contributed by atoms with Crippen LogP contribution in [-0.4, -0.2) is 18.5 Å². The molecule has 0 atom stereocenters. The molecule has 1 saturated carbocycles. The van der Waals surface area contributed by atoms with Crippen molar-refractivity contribution in [2.24, 2.45) is 5.73 Å². The van der Waals surface area contributed by atoms with Gasteiger partial charge in [0.1, 0.15) is 0 Å². The molecular formula is C13H18N2O. The molecule has 0 saturated heterocycles. The molecule has 3 N–H and O–H groups in total. The van der Waals surface area contributed by atoms with Gasteiger partial charge in [-0.2, -0.15) is 0 Å². The van der Waals surface area contributed by atoms with Crippen LogP contribution < -0.4 is 11.1 Å². The van der Waals surface area contributed by atoms with Gasteiger partial charge in [-0.15, -0.1) is 0 Å². The summed E-state index contributed by atoms with van der Waals surface area (Å²) in [5, 5.41) is 2.63. The lowest BCUT2D eigenvalue weighted by atomic mass is 10.0. The molecule has 3 nitrogen and oxygen atoms in total. The van der Waals surface area contributed by atoms with Crippen molar-refractivity contribution in [3.63, 3.8) is 0 Å². The molecule has 1 aromatic rings. The molecule has 16 heavy (non-hydrogen) atoms. The zero-order chi connectivity index (χ0) is 11.6. The van der Waals surface area contributed by atoms with Crippen molar-refractivity contribution in [3.8, 4) is 0 Å². The van der Waals surface area contributed by atoms with Gasteiger partial charge in [0.05, 0.1) is 6.42 Å². The third kappa shape index (κ3) is 2.83. The molecule has 1 amide bonds. The van der Waals surface area contributed by atoms with Crippen molar-refractivity contribution in [1.82, 2.24) is 5.32 Å². The Morgan fingerprint density at radius 3 is 2.75 bits per heavy atom. The fourth-order valence-electron chi connectivity index (χ4n) is 1.87. The van der Waals surface area contributed by atoms with E-state index < -0.39 is 0 Å². The van der Waals surface area contributed by atoms with Crippen LogP contribution in [0.25, 0.3) is 0 Å². The Morgan fingerprint density at radius 2 is 2.12 bits per heavy atom. The lowest BCUT2D eigenvalue weighted by Gasteiger charge is -2.09. The van der Waals surface area contributed by atoms with E-state index in [4.69, 9.17) is 5.73 Å². The molecule has 1 aromatic carbocycles. The highest BCUT2D eigenvalue weighted by Crippen LogP contribution is 2.35. The molecule has 0 unspecified atom stereocenters. The Morgan fingerprint density at radius 1 is 1.44 bits per heavy atom. The maximum atomic E-state index is 11.3. The number of nitrogens with two attached hydrogens (primary N) is 1. The van der Waals surface area contributed by atoms with E-state index in [-0.39, 0.29) is 11.4 Å². The van der Waals surface area contributed by atoms with Crippen LogP contribution in [0.15, 0.2) is 24.3 Å². The standard InChI is InChI=1S/C13H18N2O/c1-15-12(16)8-10-3-2-4-11(7-10)9-13(14)5-6-13/h2-4,7H,5-6,8-9,14H2,1H3,(H,15,16). The number of rotatable bonds is 4. The second-order valence-electron chi connectivity index (χ2n) is 4.71. The molecule has 0 aromatic heterocycles. The second kappa shape index (κ2) is 4.26. The van der Waals surface area contributed by atoms with Gasteiger partial charge in [-0.25, -0.2) is 0 Å². The lowest BCUT2D eigenvalue weighted by molar-refractivity contribution is -0.119. The number of carbonyl (C=O) groups is 1. The van der Waals surface area contributed by atoms with Crippen LogP contribution in [0.5, 0.6) is 0 Å². The molecule has 86 valence electrons. The zero-order valence-corrected chi connectivity index (χ0v) is 9.62. The Hall–Kier alpha value is -1.35. The molecule has 0 spiro atoms. The first-order chi connectivity index (χ1) is 7.61. The van der Waals surface area contributed by atoms with Crippen LogP contribution in [0.1, 0.15) is 24.0 Å². The van der Waals surface area contributed by atoms with E-state index in [1.807, 2.05) is 12.1 Å². The van der Waals surface area contributed by atoms with Gasteiger partial charge in [0.25, 0.3) is 0 Å². The number of nitrogens with one attached hydrogen (secondary N) is 1. The minimum absolute atomic E-state index is 0.0334. The molecule has 0 aliphatic heterocycles. The minimum atomic E-state index is 0.0334. The molecule has 0 radical (unpaired) electrons. The summed E-state index contributed by atoms with van der Waals surface area (Å²) < 4.78 is 0. The predicted octanol–water partition coefficient (Wildman–Crippen LogP) is 1.01. The quantitative estimate of drug-likeness (QED) is 0.792. The second-order valence-corrected chi connectivity index (χ2v) is 4.71. The van der Waals surface area contributed by atoms with Gasteiger partial charge in [0, 0.05) is 12.6 Å². The summed E-state index contributed by atoms with van der Waals surface area (Å²) >= 11 is 0. The molecule has 1 aliphatic rings. The number of hydrogen-bond donors (Lipinski definition) is 2. The highest BCUT2D eigenvalue weighted by molar-refractivity contribution is 5.78. The van der Waals surface area contributed by atoms with Crippen LogP contribution in [0.3, 0.4) is 0 Å². The normalized spacial score (nSPS) is 16.9. The van der Waals surface area contributed by atoms with Gasteiger partial charge in [0.15, 0.2) is 0 Å². The van der Waals surface area contributed by atoms with E-state index in [1.165, 1.54) is 5.56 Å². The summed E-state index contributed by atoms with van der Waals surface area (Å²) in [5.41, 5.74) is 8.40. The average molecular weight is 218 g/mol. The van der Waals surface area contributed by atoms with Gasteiger partial charge in [0.2, 0.25) is 5.91 Å². The van der Waals surface area contributed by atoms with Gasteiger partial charge in [-0.05, 0) is 30.4 Å². The molecule has 0 bridgehead atoms. The molecule has 3 heteroatoms. The van der Waals surface area contributed by atoms with Crippen molar-refractivity contribution in [2.75, 3.05) is 7.05 Å². The Balaban J connectivity index is 2.04. The first-order valence-corrected chi connectivity index (χ1v) is 5.69. The van der Waals surface area contributed by atoms with E-state index >= 15 is 0 Å². The van der Waals surface area contributed by atoms with E-state index in [2.05, 4.69) is 17.4 Å². The fraction of sp³-hybridized carbons (Fsp3) is 0.462. The average Bonchev–Trinajstić information content (AvgIpc) is 2.96. The number of likely N-dealkylation sites (N-methyl/N-ethyl adjacent to an activating group) is 1. The molecule has 0 heterocycles. The van der Waals surface area contributed by atoms with Crippen LogP contribution >= 0.6 is 0 Å². The van der Waals surface area contributed by atoms with Crippen molar-refractivity contribution in [2.45, 2.75) is 31.2 Å². The topological polar surface area (TPSA) is 55.1 Å². The maximum absolute atomic E-state index is 11.3. The number of amides is 1. The van der Waals surface area contributed by atoms with Gasteiger partial charge >= 0.3 is 0 Å². The number of carbonyl (C=O) groups excluding carboxylic acids is 1. The lowest BCUT2D eigenvalue weighted by Crippen LogP contribution is -2.24. The maximum Gasteiger partial charge on any atom is 0.224 e. The number of hydrogen-bond acceptors (Lipinski definition) is 2. The molecule has 1 aliphatic carbocycles. The van der Waals surface area contributed by atoms with E-state index in [1.54, 1.807) is 7.05 Å². The monoisotopic (exact) mass is 218 g/mol. The third-order valence-electron chi connectivity index (χ3n) is 3.08. The van der Waals surface area contributed by atoms with Crippen LogP contribution in [0.2, 0.25) is 0 Å². The summed E-state index contributed by atoms with van der Waals surface area (Å²) in [6, 6.07) is 8.15. The minimum Gasteiger partial charge on any atom is -0.359 e. The van der Waals surface area contributed by atoms with Crippen molar-refractivity contribution < 1.29 is 4.79 Å². The van der Waals surface area contributed by atoms with E-state index in [0.717, 1.165) is 24.8 Å². The first-order valence-electron chi connectivity index (χ1n) is 5.69. The summed E-state index contributed by atoms with van der Waals surface area (Å²) in [7, 11) is 1.66. The predicted molar refractivity (Wildman–Crippen MR) is 64.1 cm³/mol. The summed E-state index contributed by atoms with van der Waals surface area (Å²) in [6.07, 6.45) is 3.61. The van der Waals surface area contributed by atoms with E-state index in [0.29, 0.717) is 6.42 Å². The smallest absolute Gasteiger partial charge is 0.224 e. The van der Waals surface area contributed by atoms with Gasteiger partial charge in [-0.3, -0.25) is 4.79 Å². The zero-order valence-electron chi connectivity index (χ0n) is 9.62. The van der Waals surface area contributed by atoms with Gasteiger partial charge in [-0.1, -0.05) is 24.3 Å². The van der Waals surface area contributed by atoms with Crippen LogP contribution in [0, 0.1) is 0 Å². The molecular weight excluding hydrogens is 200 g/mol. The Labute approximate surface area is 96.0 Å². The molecule has 2 rings (SSSR count). The fourth-order valence-corrected chi connectivity index (χ4v) is 1.87. The summed E-state index contributed by atoms with van der Waals surface area (Å²) in [4.78, 5) is 11.3. The van der Waals surface area contributed by atoms with Crippen molar-refractivity contribution in [1.29, 1.82) is 0 Å². The van der Waals surface area contributed by atoms with Gasteiger partial charge < -0.3 is 11.1 Å². The third-order valence-corrected chi connectivity index (χ3v) is 3.08. The highest BCUT2D eigenvalue weighted by atomic mass is 16.1. The van der Waals surface area contributed by atoms with Crippen LogP contribution in [-0.2, 0) is 17.6 Å². The first kappa shape index (κ1) is 11.1. The largest absolute Gasteiger partial charge is 0.359 e. The van der Waals surface area contributed by atoms with Crippen molar-refractivity contribution >= 4 is 5.91 Å². The van der Waals surface area contributed by atoms with E-state index in [9.17, 15) is 4.79 Å². The van der Waals surface area contributed by atoms with Crippen molar-refractivity contribution in [3.05, 3.63) is 35.4 Å². The Bertz CT molecular complexity index is 397. The SMILES string of the molecule is CNC(=O)Cc1cccc(CC2(N)CC2)c1. The number of benzene rings is 1. The molecule has 1 fully saturated rings.